The van der Waals surface area contributed by atoms with E-state index in [0.29, 0.717) is 12.4 Å². The standard InChI is InChI=1S/C24H21NO3/c1-2-27-24(26)23(20-14-13-18-9-3-4-10-19(18)17-20)28-22-12-6-5-11-21(22)25-15-7-8-16-25/h3-17,23H,2H2,1H3. The van der Waals surface area contributed by atoms with Crippen molar-refractivity contribution in [2.75, 3.05) is 6.61 Å². The van der Waals surface area contributed by atoms with Crippen LogP contribution in [-0.4, -0.2) is 17.1 Å². The Morgan fingerprint density at radius 1 is 0.893 bits per heavy atom. The first kappa shape index (κ1) is 17.9. The SMILES string of the molecule is CCOC(=O)C(Oc1ccccc1-n1cccc1)c1ccc2ccccc2c1. The molecule has 0 saturated heterocycles. The van der Waals surface area contributed by atoms with Gasteiger partial charge in [0.15, 0.2) is 0 Å². The number of fused-ring (bicyclic) bond motifs is 1. The first-order valence-corrected chi connectivity index (χ1v) is 9.30. The summed E-state index contributed by atoms with van der Waals surface area (Å²) in [7, 11) is 0. The summed E-state index contributed by atoms with van der Waals surface area (Å²) in [5, 5.41) is 2.16. The molecule has 0 radical (unpaired) electrons. The van der Waals surface area contributed by atoms with Crippen molar-refractivity contribution in [1.82, 2.24) is 4.57 Å². The Morgan fingerprint density at radius 2 is 1.61 bits per heavy atom. The van der Waals surface area contributed by atoms with E-state index in [-0.39, 0.29) is 0 Å². The average Bonchev–Trinajstić information content (AvgIpc) is 3.27. The van der Waals surface area contributed by atoms with Gasteiger partial charge in [-0.15, -0.1) is 0 Å². The van der Waals surface area contributed by atoms with E-state index in [1.165, 1.54) is 0 Å². The predicted molar refractivity (Wildman–Crippen MR) is 110 cm³/mol. The van der Waals surface area contributed by atoms with Crippen LogP contribution in [0.4, 0.5) is 0 Å². The molecule has 0 spiro atoms. The van der Waals surface area contributed by atoms with Crippen molar-refractivity contribution in [3.05, 3.63) is 96.8 Å². The first-order chi connectivity index (χ1) is 13.8. The number of benzene rings is 3. The fourth-order valence-electron chi connectivity index (χ4n) is 3.23. The molecule has 0 aliphatic carbocycles. The number of rotatable bonds is 6. The number of hydrogen-bond donors (Lipinski definition) is 0. The highest BCUT2D eigenvalue weighted by Crippen LogP contribution is 2.30. The van der Waals surface area contributed by atoms with Crippen molar-refractivity contribution in [1.29, 1.82) is 0 Å². The lowest BCUT2D eigenvalue weighted by Gasteiger charge is -2.20. The molecule has 4 nitrogen and oxygen atoms in total. The van der Waals surface area contributed by atoms with E-state index in [1.54, 1.807) is 6.92 Å². The van der Waals surface area contributed by atoms with Crippen molar-refractivity contribution in [3.63, 3.8) is 0 Å². The molecule has 0 N–H and O–H groups in total. The van der Waals surface area contributed by atoms with Gasteiger partial charge in [-0.05, 0) is 48.0 Å². The molecule has 0 amide bonds. The Morgan fingerprint density at radius 3 is 2.39 bits per heavy atom. The molecule has 3 aromatic carbocycles. The second-order valence-electron chi connectivity index (χ2n) is 6.41. The molecule has 0 aliphatic heterocycles. The minimum Gasteiger partial charge on any atom is -0.472 e. The summed E-state index contributed by atoms with van der Waals surface area (Å²) in [5.41, 5.74) is 1.63. The average molecular weight is 371 g/mol. The summed E-state index contributed by atoms with van der Waals surface area (Å²) < 4.78 is 13.5. The molecular weight excluding hydrogens is 350 g/mol. The largest absolute Gasteiger partial charge is 0.472 e. The zero-order valence-corrected chi connectivity index (χ0v) is 15.6. The molecule has 0 bridgehead atoms. The van der Waals surface area contributed by atoms with Crippen molar-refractivity contribution < 1.29 is 14.3 Å². The fourth-order valence-corrected chi connectivity index (χ4v) is 3.23. The quantitative estimate of drug-likeness (QED) is 0.431. The van der Waals surface area contributed by atoms with Crippen LogP contribution in [-0.2, 0) is 9.53 Å². The second-order valence-corrected chi connectivity index (χ2v) is 6.41. The molecule has 0 saturated carbocycles. The highest BCUT2D eigenvalue weighted by molar-refractivity contribution is 5.85. The predicted octanol–water partition coefficient (Wildman–Crippen LogP) is 5.31. The normalized spacial score (nSPS) is 11.9. The molecule has 4 rings (SSSR count). The summed E-state index contributed by atoms with van der Waals surface area (Å²) >= 11 is 0. The van der Waals surface area contributed by atoms with Gasteiger partial charge < -0.3 is 14.0 Å². The van der Waals surface area contributed by atoms with Crippen molar-refractivity contribution in [3.8, 4) is 11.4 Å². The number of carbonyl (C=O) groups excluding carboxylic acids is 1. The lowest BCUT2D eigenvalue weighted by molar-refractivity contribution is -0.151. The smallest absolute Gasteiger partial charge is 0.352 e. The van der Waals surface area contributed by atoms with Crippen LogP contribution < -0.4 is 4.74 Å². The van der Waals surface area contributed by atoms with Gasteiger partial charge in [0.25, 0.3) is 0 Å². The Kier molecular flexibility index (Phi) is 5.11. The number of carbonyl (C=O) groups is 1. The molecule has 1 atom stereocenters. The Labute approximate surface area is 163 Å². The molecule has 0 fully saturated rings. The minimum atomic E-state index is -0.846. The number of ether oxygens (including phenoxy) is 2. The van der Waals surface area contributed by atoms with Crippen LogP contribution in [0.3, 0.4) is 0 Å². The van der Waals surface area contributed by atoms with Crippen molar-refractivity contribution >= 4 is 16.7 Å². The maximum Gasteiger partial charge on any atom is 0.352 e. The van der Waals surface area contributed by atoms with Gasteiger partial charge in [-0.3, -0.25) is 0 Å². The van der Waals surface area contributed by atoms with E-state index >= 15 is 0 Å². The summed E-state index contributed by atoms with van der Waals surface area (Å²) in [6.45, 7) is 2.09. The van der Waals surface area contributed by atoms with Crippen LogP contribution in [0.25, 0.3) is 16.5 Å². The number of aromatic nitrogens is 1. The van der Waals surface area contributed by atoms with Crippen LogP contribution in [0.2, 0.25) is 0 Å². The summed E-state index contributed by atoms with van der Waals surface area (Å²) in [6, 6.07) is 25.5. The monoisotopic (exact) mass is 371 g/mol. The first-order valence-electron chi connectivity index (χ1n) is 9.30. The molecule has 0 aliphatic rings. The van der Waals surface area contributed by atoms with Gasteiger partial charge in [-0.1, -0.05) is 48.5 Å². The molecule has 1 aromatic heterocycles. The van der Waals surface area contributed by atoms with E-state index in [4.69, 9.17) is 9.47 Å². The lowest BCUT2D eigenvalue weighted by Crippen LogP contribution is -2.22. The minimum absolute atomic E-state index is 0.297. The maximum atomic E-state index is 12.7. The molecule has 1 unspecified atom stereocenters. The third kappa shape index (κ3) is 3.62. The van der Waals surface area contributed by atoms with E-state index in [0.717, 1.165) is 22.0 Å². The summed E-state index contributed by atoms with van der Waals surface area (Å²) in [4.78, 5) is 12.7. The van der Waals surface area contributed by atoms with Gasteiger partial charge >= 0.3 is 5.97 Å². The molecule has 4 heteroatoms. The van der Waals surface area contributed by atoms with E-state index in [9.17, 15) is 4.79 Å². The molecule has 4 aromatic rings. The van der Waals surface area contributed by atoms with Crippen LogP contribution in [0, 0.1) is 0 Å². The number of hydrogen-bond acceptors (Lipinski definition) is 3. The van der Waals surface area contributed by atoms with Gasteiger partial charge in [0.2, 0.25) is 6.10 Å². The van der Waals surface area contributed by atoms with E-state index in [1.807, 2.05) is 95.8 Å². The Bertz CT molecular complexity index is 1090. The Balaban J connectivity index is 1.74. The third-order valence-corrected chi connectivity index (χ3v) is 4.57. The van der Waals surface area contributed by atoms with Gasteiger partial charge in [0, 0.05) is 18.0 Å². The zero-order valence-electron chi connectivity index (χ0n) is 15.6. The van der Waals surface area contributed by atoms with E-state index < -0.39 is 12.1 Å². The highest BCUT2D eigenvalue weighted by atomic mass is 16.6. The van der Waals surface area contributed by atoms with Gasteiger partial charge in [0.1, 0.15) is 5.75 Å². The molecule has 140 valence electrons. The van der Waals surface area contributed by atoms with Crippen LogP contribution in [0.1, 0.15) is 18.6 Å². The van der Waals surface area contributed by atoms with Gasteiger partial charge in [0.05, 0.1) is 12.3 Å². The summed E-state index contributed by atoms with van der Waals surface area (Å²) in [6.07, 6.45) is 3.04. The number of para-hydroxylation sites is 2. The van der Waals surface area contributed by atoms with Crippen LogP contribution in [0.15, 0.2) is 91.3 Å². The van der Waals surface area contributed by atoms with Gasteiger partial charge in [-0.25, -0.2) is 4.79 Å². The van der Waals surface area contributed by atoms with Crippen LogP contribution >= 0.6 is 0 Å². The van der Waals surface area contributed by atoms with E-state index in [2.05, 4.69) is 0 Å². The molecule has 28 heavy (non-hydrogen) atoms. The summed E-state index contributed by atoms with van der Waals surface area (Å²) in [5.74, 6) is 0.213. The molecular formula is C24H21NO3. The fraction of sp³-hybridized carbons (Fsp3) is 0.125. The number of nitrogens with zero attached hydrogens (tertiary/aromatic N) is 1. The van der Waals surface area contributed by atoms with Crippen LogP contribution in [0.5, 0.6) is 5.75 Å². The number of esters is 1. The molecule has 1 heterocycles. The maximum absolute atomic E-state index is 12.7. The Hall–Kier alpha value is -3.53. The van der Waals surface area contributed by atoms with Crippen molar-refractivity contribution in [2.24, 2.45) is 0 Å². The lowest BCUT2D eigenvalue weighted by atomic mass is 10.0. The zero-order chi connectivity index (χ0) is 19.3. The topological polar surface area (TPSA) is 40.5 Å². The second kappa shape index (κ2) is 8.01. The third-order valence-electron chi connectivity index (χ3n) is 4.57. The van der Waals surface area contributed by atoms with Gasteiger partial charge in [-0.2, -0.15) is 0 Å². The van der Waals surface area contributed by atoms with Crippen molar-refractivity contribution in [2.45, 2.75) is 13.0 Å². The highest BCUT2D eigenvalue weighted by Gasteiger charge is 2.25.